The summed E-state index contributed by atoms with van der Waals surface area (Å²) < 4.78 is 1.74. The summed E-state index contributed by atoms with van der Waals surface area (Å²) in [4.78, 5) is 18.8. The molecule has 0 saturated carbocycles. The quantitative estimate of drug-likeness (QED) is 0.848. The van der Waals surface area contributed by atoms with Crippen molar-refractivity contribution in [2.75, 3.05) is 18.0 Å². The number of aromatic nitrogens is 2. The van der Waals surface area contributed by atoms with Gasteiger partial charge < -0.3 is 15.2 Å². The normalized spacial score (nSPS) is 20.4. The average Bonchev–Trinajstić information content (AvgIpc) is 2.75. The Bertz CT molecular complexity index is 475. The van der Waals surface area contributed by atoms with Crippen molar-refractivity contribution in [2.24, 2.45) is 5.73 Å². The summed E-state index contributed by atoms with van der Waals surface area (Å²) in [5.41, 5.74) is 5.50. The monoisotopic (exact) mass is 250 g/mol. The summed E-state index contributed by atoms with van der Waals surface area (Å²) in [7, 11) is 0. The van der Waals surface area contributed by atoms with Gasteiger partial charge in [-0.15, -0.1) is 0 Å². The molecule has 2 rings (SSSR count). The van der Waals surface area contributed by atoms with Gasteiger partial charge in [-0.3, -0.25) is 4.79 Å². The molecule has 5 nitrogen and oxygen atoms in total. The number of hydrogen-bond acceptors (Lipinski definition) is 4. The van der Waals surface area contributed by atoms with Crippen LogP contribution in [0.25, 0.3) is 0 Å². The van der Waals surface area contributed by atoms with Gasteiger partial charge >= 0.3 is 0 Å². The molecule has 1 aliphatic heterocycles. The van der Waals surface area contributed by atoms with Gasteiger partial charge in [0.05, 0.1) is 0 Å². The topological polar surface area (TPSA) is 64.2 Å². The second kappa shape index (κ2) is 4.72. The lowest BCUT2D eigenvalue weighted by molar-refractivity contribution is 0.382. The van der Waals surface area contributed by atoms with E-state index in [1.165, 1.54) is 0 Å². The number of nitrogens with zero attached hydrogens (tertiary/aromatic N) is 3. The van der Waals surface area contributed by atoms with Crippen molar-refractivity contribution < 1.29 is 0 Å². The summed E-state index contributed by atoms with van der Waals surface area (Å²) >= 11 is 0. The third-order valence-corrected chi connectivity index (χ3v) is 3.47. The summed E-state index contributed by atoms with van der Waals surface area (Å²) in [5, 5.41) is 0. The highest BCUT2D eigenvalue weighted by atomic mass is 16.1. The molecular formula is C13H22N4O. The van der Waals surface area contributed by atoms with Gasteiger partial charge in [-0.1, -0.05) is 0 Å². The third-order valence-electron chi connectivity index (χ3n) is 3.47. The molecule has 1 aromatic rings. The molecule has 1 fully saturated rings. The van der Waals surface area contributed by atoms with Gasteiger partial charge in [0.25, 0.3) is 5.56 Å². The first-order chi connectivity index (χ1) is 8.45. The van der Waals surface area contributed by atoms with E-state index in [2.05, 4.69) is 9.88 Å². The van der Waals surface area contributed by atoms with Crippen LogP contribution >= 0.6 is 0 Å². The summed E-state index contributed by atoms with van der Waals surface area (Å²) in [6.45, 7) is 7.50. The molecule has 1 saturated heterocycles. The van der Waals surface area contributed by atoms with E-state index < -0.39 is 0 Å². The molecule has 1 aliphatic rings. The van der Waals surface area contributed by atoms with Gasteiger partial charge in [0, 0.05) is 37.1 Å². The van der Waals surface area contributed by atoms with E-state index >= 15 is 0 Å². The third kappa shape index (κ3) is 2.27. The standard InChI is InChI=1S/C13H22N4O/c1-13(2,3)17-8-6-15-11(12(17)18)16-7-4-5-10(16)9-14/h6,8,10H,4-5,7,9,14H2,1-3H3. The predicted octanol–water partition coefficient (Wildman–Crippen LogP) is 0.926. The van der Waals surface area contributed by atoms with Crippen LogP contribution in [0.5, 0.6) is 0 Å². The first kappa shape index (κ1) is 13.1. The van der Waals surface area contributed by atoms with Crippen molar-refractivity contribution >= 4 is 5.82 Å². The summed E-state index contributed by atoms with van der Waals surface area (Å²) in [5.74, 6) is 0.542. The molecule has 0 radical (unpaired) electrons. The Kier molecular flexibility index (Phi) is 3.43. The Morgan fingerprint density at radius 2 is 2.22 bits per heavy atom. The van der Waals surface area contributed by atoms with Crippen LogP contribution in [0.4, 0.5) is 5.82 Å². The molecule has 1 unspecified atom stereocenters. The predicted molar refractivity (Wildman–Crippen MR) is 72.9 cm³/mol. The number of rotatable bonds is 2. The smallest absolute Gasteiger partial charge is 0.293 e. The van der Waals surface area contributed by atoms with E-state index in [9.17, 15) is 4.79 Å². The Hall–Kier alpha value is -1.36. The largest absolute Gasteiger partial charge is 0.348 e. The molecule has 0 bridgehead atoms. The zero-order valence-electron chi connectivity index (χ0n) is 11.4. The fourth-order valence-electron chi connectivity index (χ4n) is 2.49. The second-order valence-electron chi connectivity index (χ2n) is 5.82. The van der Waals surface area contributed by atoms with Crippen molar-refractivity contribution in [3.05, 3.63) is 22.7 Å². The van der Waals surface area contributed by atoms with Gasteiger partial charge in [0.2, 0.25) is 0 Å². The van der Waals surface area contributed by atoms with Gasteiger partial charge in [-0.05, 0) is 33.6 Å². The molecule has 1 atom stereocenters. The van der Waals surface area contributed by atoms with E-state index in [-0.39, 0.29) is 17.1 Å². The minimum absolute atomic E-state index is 0.0228. The molecular weight excluding hydrogens is 228 g/mol. The summed E-state index contributed by atoms with van der Waals surface area (Å²) in [6.07, 6.45) is 5.57. The van der Waals surface area contributed by atoms with E-state index in [1.54, 1.807) is 17.0 Å². The second-order valence-corrected chi connectivity index (χ2v) is 5.82. The lowest BCUT2D eigenvalue weighted by atomic mass is 10.1. The molecule has 1 aromatic heterocycles. The first-order valence-electron chi connectivity index (χ1n) is 6.50. The van der Waals surface area contributed by atoms with Crippen LogP contribution in [-0.4, -0.2) is 28.7 Å². The Morgan fingerprint density at radius 3 is 2.83 bits per heavy atom. The molecule has 100 valence electrons. The van der Waals surface area contributed by atoms with Crippen LogP contribution in [0.3, 0.4) is 0 Å². The highest BCUT2D eigenvalue weighted by Crippen LogP contribution is 2.21. The lowest BCUT2D eigenvalue weighted by Crippen LogP contribution is -2.42. The van der Waals surface area contributed by atoms with Crippen LogP contribution in [0, 0.1) is 0 Å². The zero-order valence-corrected chi connectivity index (χ0v) is 11.4. The minimum atomic E-state index is -0.229. The Balaban J connectivity index is 2.44. The van der Waals surface area contributed by atoms with E-state index in [0.29, 0.717) is 12.4 Å². The van der Waals surface area contributed by atoms with Crippen LogP contribution in [0.2, 0.25) is 0 Å². The van der Waals surface area contributed by atoms with Gasteiger partial charge in [-0.25, -0.2) is 4.98 Å². The van der Waals surface area contributed by atoms with Gasteiger partial charge in [0.1, 0.15) is 0 Å². The summed E-state index contributed by atoms with van der Waals surface area (Å²) in [6, 6.07) is 0.251. The van der Waals surface area contributed by atoms with E-state index in [0.717, 1.165) is 19.4 Å². The molecule has 18 heavy (non-hydrogen) atoms. The fraction of sp³-hybridized carbons (Fsp3) is 0.692. The molecule has 5 heteroatoms. The van der Waals surface area contributed by atoms with Crippen molar-refractivity contribution in [1.29, 1.82) is 0 Å². The highest BCUT2D eigenvalue weighted by molar-refractivity contribution is 5.39. The van der Waals surface area contributed by atoms with Crippen molar-refractivity contribution in [3.63, 3.8) is 0 Å². The van der Waals surface area contributed by atoms with Crippen LogP contribution in [-0.2, 0) is 5.54 Å². The maximum Gasteiger partial charge on any atom is 0.293 e. The van der Waals surface area contributed by atoms with E-state index in [4.69, 9.17) is 5.73 Å². The molecule has 2 N–H and O–H groups in total. The Labute approximate surface area is 108 Å². The van der Waals surface area contributed by atoms with Crippen molar-refractivity contribution in [2.45, 2.75) is 45.2 Å². The molecule has 0 spiro atoms. The lowest BCUT2D eigenvalue weighted by Gasteiger charge is -2.27. The highest BCUT2D eigenvalue weighted by Gasteiger charge is 2.28. The van der Waals surface area contributed by atoms with Gasteiger partial charge in [0.15, 0.2) is 5.82 Å². The average molecular weight is 250 g/mol. The maximum absolute atomic E-state index is 12.5. The Morgan fingerprint density at radius 1 is 1.50 bits per heavy atom. The van der Waals surface area contributed by atoms with E-state index in [1.807, 2.05) is 20.8 Å². The van der Waals surface area contributed by atoms with Crippen LogP contribution in [0.15, 0.2) is 17.2 Å². The maximum atomic E-state index is 12.5. The first-order valence-corrected chi connectivity index (χ1v) is 6.50. The van der Waals surface area contributed by atoms with Gasteiger partial charge in [-0.2, -0.15) is 0 Å². The number of anilines is 1. The minimum Gasteiger partial charge on any atom is -0.348 e. The van der Waals surface area contributed by atoms with Crippen molar-refractivity contribution in [1.82, 2.24) is 9.55 Å². The van der Waals surface area contributed by atoms with Crippen molar-refractivity contribution in [3.8, 4) is 0 Å². The number of nitrogens with two attached hydrogens (primary N) is 1. The molecule has 0 aliphatic carbocycles. The SMILES string of the molecule is CC(C)(C)n1ccnc(N2CCCC2CN)c1=O. The molecule has 0 aromatic carbocycles. The zero-order chi connectivity index (χ0) is 13.3. The molecule has 2 heterocycles. The van der Waals surface area contributed by atoms with Crippen LogP contribution < -0.4 is 16.2 Å². The fourth-order valence-corrected chi connectivity index (χ4v) is 2.49. The number of hydrogen-bond donors (Lipinski definition) is 1. The molecule has 0 amide bonds. The van der Waals surface area contributed by atoms with Crippen LogP contribution in [0.1, 0.15) is 33.6 Å².